The molecular weight excluding hydrogens is 136 g/mol. The molecule has 1 radical (unpaired) electrons. The first-order valence-corrected chi connectivity index (χ1v) is 4.33. The second-order valence-corrected chi connectivity index (χ2v) is 3.04. The Morgan fingerprint density at radius 2 is 2.27 bits per heavy atom. The third kappa shape index (κ3) is 7.37. The maximum absolute atomic E-state index is 7.01. The maximum atomic E-state index is 7.01. The zero-order valence-electron chi connectivity index (χ0n) is 7.56. The molecule has 0 saturated carbocycles. The van der Waals surface area contributed by atoms with Crippen LogP contribution in [0.5, 0.6) is 0 Å². The molecule has 0 aliphatic carbocycles. The number of nitrogens with one attached hydrogen (secondary N) is 1. The van der Waals surface area contributed by atoms with E-state index >= 15 is 0 Å². The van der Waals surface area contributed by atoms with Gasteiger partial charge in [-0.3, -0.25) is 5.41 Å². The lowest BCUT2D eigenvalue weighted by Crippen LogP contribution is -2.09. The first kappa shape index (κ1) is 10.5. The van der Waals surface area contributed by atoms with Crippen LogP contribution in [0.2, 0.25) is 0 Å². The molecule has 0 fully saturated rings. The van der Waals surface area contributed by atoms with E-state index < -0.39 is 0 Å². The van der Waals surface area contributed by atoms with Crippen molar-refractivity contribution < 1.29 is 0 Å². The van der Waals surface area contributed by atoms with Gasteiger partial charge in [0.2, 0.25) is 0 Å². The minimum absolute atomic E-state index is 0.314. The molecule has 0 saturated heterocycles. The Bertz CT molecular complexity index is 110. The summed E-state index contributed by atoms with van der Waals surface area (Å²) >= 11 is 0. The van der Waals surface area contributed by atoms with E-state index in [1.165, 1.54) is 0 Å². The van der Waals surface area contributed by atoms with Crippen LogP contribution in [0.25, 0.3) is 0 Å². The average molecular weight is 155 g/mol. The van der Waals surface area contributed by atoms with Gasteiger partial charge in [0.1, 0.15) is 0 Å². The lowest BCUT2D eigenvalue weighted by Gasteiger charge is -2.07. The predicted octanol–water partition coefficient (Wildman–Crippen LogP) is 2.34. The number of rotatable bonds is 6. The van der Waals surface area contributed by atoms with Gasteiger partial charge in [-0.15, -0.1) is 0 Å². The molecule has 1 atom stereocenters. The molecule has 0 rings (SSSR count). The van der Waals surface area contributed by atoms with Crippen LogP contribution in [0.15, 0.2) is 0 Å². The monoisotopic (exact) mass is 155 g/mol. The van der Waals surface area contributed by atoms with E-state index in [4.69, 9.17) is 11.1 Å². The highest BCUT2D eigenvalue weighted by atomic mass is 14.7. The van der Waals surface area contributed by atoms with Crippen LogP contribution in [0, 0.1) is 17.7 Å². The third-order valence-corrected chi connectivity index (χ3v) is 1.74. The molecule has 0 aromatic carbocycles. The molecule has 0 amide bonds. The van der Waals surface area contributed by atoms with Crippen LogP contribution in [-0.4, -0.2) is 5.84 Å². The zero-order valence-corrected chi connectivity index (χ0v) is 7.56. The van der Waals surface area contributed by atoms with Crippen molar-refractivity contribution in [1.82, 2.24) is 0 Å². The smallest absolute Gasteiger partial charge is 0.0905 e. The van der Waals surface area contributed by atoms with Crippen molar-refractivity contribution in [3.05, 3.63) is 6.42 Å². The summed E-state index contributed by atoms with van der Waals surface area (Å²) in [4.78, 5) is 0. The SMILES string of the molecule is CC[CH]C(C)CCCC(=N)N. The van der Waals surface area contributed by atoms with Crippen LogP contribution in [-0.2, 0) is 0 Å². The fourth-order valence-corrected chi connectivity index (χ4v) is 1.13. The van der Waals surface area contributed by atoms with Crippen molar-refractivity contribution >= 4 is 5.84 Å². The molecule has 11 heavy (non-hydrogen) atoms. The lowest BCUT2D eigenvalue weighted by atomic mass is 9.99. The third-order valence-electron chi connectivity index (χ3n) is 1.74. The molecule has 3 N–H and O–H groups in total. The van der Waals surface area contributed by atoms with Gasteiger partial charge >= 0.3 is 0 Å². The van der Waals surface area contributed by atoms with Crippen LogP contribution >= 0.6 is 0 Å². The van der Waals surface area contributed by atoms with Crippen LogP contribution in [0.1, 0.15) is 39.5 Å². The fourth-order valence-electron chi connectivity index (χ4n) is 1.13. The van der Waals surface area contributed by atoms with Gasteiger partial charge in [-0.25, -0.2) is 0 Å². The Balaban J connectivity index is 3.16. The highest BCUT2D eigenvalue weighted by Gasteiger charge is 2.00. The van der Waals surface area contributed by atoms with E-state index in [9.17, 15) is 0 Å². The number of hydrogen-bond acceptors (Lipinski definition) is 1. The summed E-state index contributed by atoms with van der Waals surface area (Å²) in [6, 6.07) is 0. The molecule has 0 bridgehead atoms. The molecule has 0 aromatic heterocycles. The first-order valence-electron chi connectivity index (χ1n) is 4.33. The summed E-state index contributed by atoms with van der Waals surface area (Å²) in [6.07, 6.45) is 6.41. The van der Waals surface area contributed by atoms with Crippen molar-refractivity contribution in [2.24, 2.45) is 11.7 Å². The van der Waals surface area contributed by atoms with E-state index in [0.29, 0.717) is 11.8 Å². The summed E-state index contributed by atoms with van der Waals surface area (Å²) in [5.41, 5.74) is 5.23. The normalized spacial score (nSPS) is 12.9. The van der Waals surface area contributed by atoms with Gasteiger partial charge in [-0.05, 0) is 18.8 Å². The lowest BCUT2D eigenvalue weighted by molar-refractivity contribution is 0.567. The van der Waals surface area contributed by atoms with Gasteiger partial charge in [0.05, 0.1) is 5.84 Å². The molecule has 0 aliphatic rings. The Hall–Kier alpha value is -0.530. The number of nitrogens with two attached hydrogens (primary N) is 1. The summed E-state index contributed by atoms with van der Waals surface area (Å²) < 4.78 is 0. The molecule has 0 aromatic rings. The van der Waals surface area contributed by atoms with E-state index in [1.54, 1.807) is 0 Å². The molecule has 1 unspecified atom stereocenters. The number of amidine groups is 1. The summed E-state index contributed by atoms with van der Waals surface area (Å²) in [5, 5.41) is 7.01. The molecule has 2 nitrogen and oxygen atoms in total. The second-order valence-electron chi connectivity index (χ2n) is 3.04. The molecule has 0 aliphatic heterocycles. The van der Waals surface area contributed by atoms with E-state index in [1.807, 2.05) is 0 Å². The Morgan fingerprint density at radius 1 is 1.64 bits per heavy atom. The zero-order chi connectivity index (χ0) is 8.69. The van der Waals surface area contributed by atoms with Gasteiger partial charge < -0.3 is 5.73 Å². The van der Waals surface area contributed by atoms with Crippen LogP contribution < -0.4 is 5.73 Å². The quantitative estimate of drug-likeness (QED) is 0.449. The molecular formula is C9H19N2. The van der Waals surface area contributed by atoms with Crippen molar-refractivity contribution in [3.63, 3.8) is 0 Å². The highest BCUT2D eigenvalue weighted by molar-refractivity contribution is 5.76. The predicted molar refractivity (Wildman–Crippen MR) is 49.5 cm³/mol. The fraction of sp³-hybridized carbons (Fsp3) is 0.778. The minimum atomic E-state index is 0.314. The van der Waals surface area contributed by atoms with Crippen LogP contribution in [0.4, 0.5) is 0 Å². The second kappa shape index (κ2) is 6.20. The molecule has 0 spiro atoms. The van der Waals surface area contributed by atoms with Crippen molar-refractivity contribution in [2.45, 2.75) is 39.5 Å². The van der Waals surface area contributed by atoms with Gasteiger partial charge in [0.15, 0.2) is 0 Å². The Morgan fingerprint density at radius 3 is 2.73 bits per heavy atom. The Labute approximate surface area is 69.7 Å². The molecule has 0 heterocycles. The maximum Gasteiger partial charge on any atom is 0.0905 e. The largest absolute Gasteiger partial charge is 0.388 e. The van der Waals surface area contributed by atoms with E-state index in [2.05, 4.69) is 20.3 Å². The van der Waals surface area contributed by atoms with E-state index in [0.717, 1.165) is 25.7 Å². The average Bonchev–Trinajstić information content (AvgIpc) is 1.87. The Kier molecular flexibility index (Phi) is 5.90. The van der Waals surface area contributed by atoms with Gasteiger partial charge in [0.25, 0.3) is 0 Å². The van der Waals surface area contributed by atoms with Gasteiger partial charge in [-0.1, -0.05) is 26.7 Å². The van der Waals surface area contributed by atoms with Crippen molar-refractivity contribution in [3.8, 4) is 0 Å². The molecule has 65 valence electrons. The van der Waals surface area contributed by atoms with Crippen molar-refractivity contribution in [2.75, 3.05) is 0 Å². The van der Waals surface area contributed by atoms with Gasteiger partial charge in [-0.2, -0.15) is 0 Å². The topological polar surface area (TPSA) is 49.9 Å². The summed E-state index contributed by atoms with van der Waals surface area (Å²) in [5.74, 6) is 0.994. The minimum Gasteiger partial charge on any atom is -0.388 e. The van der Waals surface area contributed by atoms with Crippen molar-refractivity contribution in [1.29, 1.82) is 5.41 Å². The summed E-state index contributed by atoms with van der Waals surface area (Å²) in [7, 11) is 0. The van der Waals surface area contributed by atoms with E-state index in [-0.39, 0.29) is 0 Å². The molecule has 2 heteroatoms. The standard InChI is InChI=1S/C9H19N2/c1-3-5-8(2)6-4-7-9(10)11/h5,8H,3-4,6-7H2,1-2H3,(H3,10,11). The van der Waals surface area contributed by atoms with Crippen LogP contribution in [0.3, 0.4) is 0 Å². The number of hydrogen-bond donors (Lipinski definition) is 2. The summed E-state index contributed by atoms with van der Waals surface area (Å²) in [6.45, 7) is 4.37. The van der Waals surface area contributed by atoms with Gasteiger partial charge in [0, 0.05) is 6.42 Å². The first-order chi connectivity index (χ1) is 5.16. The highest BCUT2D eigenvalue weighted by Crippen LogP contribution is 2.11.